The molecule has 1 aromatic heterocycles. The molecule has 1 fully saturated rings. The first-order valence-electron chi connectivity index (χ1n) is 12.8. The number of fused-ring (bicyclic) bond motifs is 3. The van der Waals surface area contributed by atoms with Crippen LogP contribution < -0.4 is 5.32 Å². The van der Waals surface area contributed by atoms with Crippen molar-refractivity contribution in [2.75, 3.05) is 33.3 Å². The van der Waals surface area contributed by atoms with E-state index in [-0.39, 0.29) is 18.0 Å². The Morgan fingerprint density at radius 2 is 1.97 bits per heavy atom. The van der Waals surface area contributed by atoms with Crippen LogP contribution in [0.1, 0.15) is 59.4 Å². The Morgan fingerprint density at radius 3 is 2.69 bits per heavy atom. The van der Waals surface area contributed by atoms with Gasteiger partial charge >= 0.3 is 6.09 Å². The molecule has 1 saturated heterocycles. The molecule has 5 rings (SSSR count). The van der Waals surface area contributed by atoms with E-state index in [9.17, 15) is 9.59 Å². The van der Waals surface area contributed by atoms with E-state index < -0.39 is 0 Å². The van der Waals surface area contributed by atoms with Crippen LogP contribution in [0.15, 0.2) is 42.5 Å². The molecule has 2 aromatic carbocycles. The lowest BCUT2D eigenvalue weighted by molar-refractivity contribution is 0.0926. The van der Waals surface area contributed by atoms with Gasteiger partial charge in [0.25, 0.3) is 5.91 Å². The molecule has 7 nitrogen and oxygen atoms in total. The average Bonchev–Trinajstić information content (AvgIpc) is 3.46. The highest BCUT2D eigenvalue weighted by Crippen LogP contribution is 2.39. The van der Waals surface area contributed by atoms with Gasteiger partial charge in [-0.2, -0.15) is 0 Å². The number of hydrogen-bond donors (Lipinski definition) is 2. The van der Waals surface area contributed by atoms with E-state index in [0.717, 1.165) is 40.7 Å². The molecule has 2 N–H and O–H groups in total. The summed E-state index contributed by atoms with van der Waals surface area (Å²) >= 11 is 6.28. The van der Waals surface area contributed by atoms with Gasteiger partial charge in [0.1, 0.15) is 6.04 Å². The number of ether oxygens (including phenoxy) is 1. The molecule has 0 spiro atoms. The van der Waals surface area contributed by atoms with Gasteiger partial charge in [-0.05, 0) is 87.7 Å². The Morgan fingerprint density at radius 1 is 1.17 bits per heavy atom. The molecule has 36 heavy (non-hydrogen) atoms. The predicted octanol–water partition coefficient (Wildman–Crippen LogP) is 5.14. The highest BCUT2D eigenvalue weighted by atomic mass is 35.5. The summed E-state index contributed by atoms with van der Waals surface area (Å²) in [5.41, 5.74) is 4.65. The summed E-state index contributed by atoms with van der Waals surface area (Å²) < 4.78 is 5.38. The van der Waals surface area contributed by atoms with Crippen molar-refractivity contribution in [2.45, 2.75) is 44.7 Å². The monoisotopic (exact) mass is 508 g/mol. The van der Waals surface area contributed by atoms with Crippen LogP contribution in [-0.4, -0.2) is 66.1 Å². The highest BCUT2D eigenvalue weighted by molar-refractivity contribution is 6.31. The Balaban J connectivity index is 1.38. The van der Waals surface area contributed by atoms with Crippen LogP contribution in [0.25, 0.3) is 10.9 Å². The number of aromatic nitrogens is 1. The number of halogens is 1. The van der Waals surface area contributed by atoms with E-state index in [1.54, 1.807) is 4.90 Å². The van der Waals surface area contributed by atoms with Crippen molar-refractivity contribution in [3.05, 3.63) is 69.9 Å². The van der Waals surface area contributed by atoms with E-state index in [1.807, 2.05) is 49.4 Å². The Labute approximate surface area is 216 Å². The number of aromatic amines is 1. The summed E-state index contributed by atoms with van der Waals surface area (Å²) in [7, 11) is 2.15. The minimum Gasteiger partial charge on any atom is -0.450 e. The predicted molar refractivity (Wildman–Crippen MR) is 142 cm³/mol. The van der Waals surface area contributed by atoms with Gasteiger partial charge in [-0.3, -0.25) is 9.69 Å². The molecule has 0 bridgehead atoms. The van der Waals surface area contributed by atoms with Crippen molar-refractivity contribution >= 4 is 34.5 Å². The number of carbonyl (C=O) groups excluding carboxylic acids is 2. The van der Waals surface area contributed by atoms with Crippen molar-refractivity contribution in [3.8, 4) is 0 Å². The number of nitrogens with one attached hydrogen (secondary N) is 2. The quantitative estimate of drug-likeness (QED) is 0.483. The fourth-order valence-electron chi connectivity index (χ4n) is 5.63. The summed E-state index contributed by atoms with van der Waals surface area (Å²) in [6.07, 6.45) is 3.75. The van der Waals surface area contributed by atoms with Gasteiger partial charge in [0.2, 0.25) is 0 Å². The SMILES string of the molecule is CCOC(=O)N1CCc2c([nH]c3ccc(Cl)cc23)C1c1ccc(C(=O)NCCC2CCCN2C)cc1. The number of H-pyrrole nitrogens is 1. The van der Waals surface area contributed by atoms with E-state index in [4.69, 9.17) is 16.3 Å². The van der Waals surface area contributed by atoms with Gasteiger partial charge in [-0.25, -0.2) is 4.79 Å². The summed E-state index contributed by atoms with van der Waals surface area (Å²) in [6, 6.07) is 13.6. The smallest absolute Gasteiger partial charge is 0.410 e. The summed E-state index contributed by atoms with van der Waals surface area (Å²) in [5.74, 6) is -0.0750. The van der Waals surface area contributed by atoms with Crippen LogP contribution in [-0.2, 0) is 11.2 Å². The van der Waals surface area contributed by atoms with E-state index in [2.05, 4.69) is 22.2 Å². The van der Waals surface area contributed by atoms with Crippen molar-refractivity contribution < 1.29 is 14.3 Å². The maximum atomic E-state index is 12.9. The fourth-order valence-corrected chi connectivity index (χ4v) is 5.80. The first-order valence-corrected chi connectivity index (χ1v) is 13.2. The molecule has 2 unspecified atom stereocenters. The van der Waals surface area contributed by atoms with Crippen molar-refractivity contribution in [3.63, 3.8) is 0 Å². The lowest BCUT2D eigenvalue weighted by Crippen LogP contribution is -2.41. The van der Waals surface area contributed by atoms with Gasteiger partial charge in [0.15, 0.2) is 0 Å². The minimum atomic E-state index is -0.344. The molecule has 2 amide bonds. The second-order valence-electron chi connectivity index (χ2n) is 9.70. The Kier molecular flexibility index (Phi) is 7.21. The number of nitrogens with zero attached hydrogens (tertiary/aromatic N) is 2. The lowest BCUT2D eigenvalue weighted by Gasteiger charge is -2.35. The summed E-state index contributed by atoms with van der Waals surface area (Å²) in [4.78, 5) is 33.3. The number of rotatable bonds is 6. The van der Waals surface area contributed by atoms with Crippen LogP contribution >= 0.6 is 11.6 Å². The van der Waals surface area contributed by atoms with Crippen molar-refractivity contribution in [1.82, 2.24) is 20.1 Å². The zero-order chi connectivity index (χ0) is 25.2. The third kappa shape index (κ3) is 4.82. The maximum absolute atomic E-state index is 12.9. The molecule has 0 aliphatic carbocycles. The first kappa shape index (κ1) is 24.7. The molecule has 190 valence electrons. The van der Waals surface area contributed by atoms with Crippen molar-refractivity contribution in [2.24, 2.45) is 0 Å². The first-order chi connectivity index (χ1) is 17.5. The average molecular weight is 509 g/mol. The van der Waals surface area contributed by atoms with Crippen LogP contribution in [0.2, 0.25) is 5.02 Å². The minimum absolute atomic E-state index is 0.0750. The molecule has 8 heteroatoms. The highest BCUT2D eigenvalue weighted by Gasteiger charge is 2.35. The van der Waals surface area contributed by atoms with Crippen LogP contribution in [0.5, 0.6) is 0 Å². The lowest BCUT2D eigenvalue weighted by atomic mass is 9.92. The second kappa shape index (κ2) is 10.5. The molecule has 2 aliphatic heterocycles. The van der Waals surface area contributed by atoms with Crippen LogP contribution in [0.4, 0.5) is 4.79 Å². The van der Waals surface area contributed by atoms with Crippen LogP contribution in [0.3, 0.4) is 0 Å². The Bertz CT molecular complexity index is 1260. The van der Waals surface area contributed by atoms with Gasteiger partial charge in [0, 0.05) is 46.3 Å². The maximum Gasteiger partial charge on any atom is 0.410 e. The van der Waals surface area contributed by atoms with E-state index in [0.29, 0.717) is 42.7 Å². The standard InChI is InChI=1S/C28H33ClN4O3/c1-3-36-28(35)33-16-13-22-23-17-20(29)10-11-24(23)31-25(22)26(33)18-6-8-19(9-7-18)27(34)30-14-12-21-5-4-15-32(21)2/h6-11,17,21,26,31H,3-5,12-16H2,1-2H3,(H,30,34). The molecule has 3 aromatic rings. The van der Waals surface area contributed by atoms with E-state index in [1.165, 1.54) is 12.8 Å². The normalized spacial score (nSPS) is 19.9. The molecular weight excluding hydrogens is 476 g/mol. The Hall–Kier alpha value is -3.03. The summed E-state index contributed by atoms with van der Waals surface area (Å²) in [5, 5.41) is 4.82. The topological polar surface area (TPSA) is 77.7 Å². The third-order valence-electron chi connectivity index (χ3n) is 7.51. The second-order valence-corrected chi connectivity index (χ2v) is 10.1. The molecule has 2 atom stereocenters. The van der Waals surface area contributed by atoms with Crippen LogP contribution in [0, 0.1) is 0 Å². The summed E-state index contributed by atoms with van der Waals surface area (Å²) in [6.45, 7) is 4.46. The number of hydrogen-bond acceptors (Lipinski definition) is 4. The molecular formula is C28H33ClN4O3. The van der Waals surface area contributed by atoms with Gasteiger partial charge in [-0.15, -0.1) is 0 Å². The van der Waals surface area contributed by atoms with Gasteiger partial charge in [-0.1, -0.05) is 23.7 Å². The molecule has 3 heterocycles. The zero-order valence-electron chi connectivity index (χ0n) is 20.9. The zero-order valence-corrected chi connectivity index (χ0v) is 21.6. The number of likely N-dealkylation sites (tertiary alicyclic amines) is 1. The largest absolute Gasteiger partial charge is 0.450 e. The number of benzene rings is 2. The molecule has 2 aliphatic rings. The van der Waals surface area contributed by atoms with Crippen molar-refractivity contribution in [1.29, 1.82) is 0 Å². The fraction of sp³-hybridized carbons (Fsp3) is 0.429. The molecule has 0 saturated carbocycles. The van der Waals surface area contributed by atoms with Gasteiger partial charge < -0.3 is 19.9 Å². The number of carbonyl (C=O) groups is 2. The third-order valence-corrected chi connectivity index (χ3v) is 7.75. The van der Waals surface area contributed by atoms with Gasteiger partial charge in [0.05, 0.1) is 6.61 Å². The molecule has 0 radical (unpaired) electrons. The van der Waals surface area contributed by atoms with E-state index >= 15 is 0 Å². The number of amides is 2.